The number of carbonyl (C=O) groups is 1. The van der Waals surface area contributed by atoms with E-state index in [-0.39, 0.29) is 11.4 Å². The van der Waals surface area contributed by atoms with E-state index in [9.17, 15) is 13.2 Å². The van der Waals surface area contributed by atoms with Crippen LogP contribution in [0.1, 0.15) is 18.1 Å². The highest BCUT2D eigenvalue weighted by molar-refractivity contribution is 7.89. The highest BCUT2D eigenvalue weighted by Gasteiger charge is 2.22. The number of carbonyl (C=O) groups excluding carboxylic acids is 1. The summed E-state index contributed by atoms with van der Waals surface area (Å²) in [6, 6.07) is 16.2. The third-order valence-electron chi connectivity index (χ3n) is 3.75. The van der Waals surface area contributed by atoms with Crippen LogP contribution in [0.5, 0.6) is 0 Å². The van der Waals surface area contributed by atoms with E-state index in [1.54, 1.807) is 12.1 Å². The van der Waals surface area contributed by atoms with E-state index in [0.29, 0.717) is 0 Å². The van der Waals surface area contributed by atoms with Gasteiger partial charge >= 0.3 is 0 Å². The lowest BCUT2D eigenvalue weighted by Gasteiger charge is -2.16. The van der Waals surface area contributed by atoms with Gasteiger partial charge in [0, 0.05) is 7.05 Å². The lowest BCUT2D eigenvalue weighted by molar-refractivity contribution is -0.121. The van der Waals surface area contributed by atoms with Crippen LogP contribution in [0, 0.1) is 6.92 Å². The van der Waals surface area contributed by atoms with Crippen LogP contribution in [0.4, 0.5) is 0 Å². The minimum atomic E-state index is -3.72. The SMILES string of the molecule is CC(/C=N/NC(=O)CN(C)S(=O)(=O)c1ccc(C)cc1)=C\c1ccccc1. The molecule has 0 saturated heterocycles. The normalized spacial score (nSPS) is 12.5. The number of hydrazone groups is 1. The highest BCUT2D eigenvalue weighted by Crippen LogP contribution is 2.14. The van der Waals surface area contributed by atoms with Crippen molar-refractivity contribution in [3.05, 3.63) is 71.3 Å². The summed E-state index contributed by atoms with van der Waals surface area (Å²) < 4.78 is 25.9. The van der Waals surface area contributed by atoms with E-state index in [0.717, 1.165) is 21.0 Å². The van der Waals surface area contributed by atoms with Crippen molar-refractivity contribution in [1.29, 1.82) is 0 Å². The van der Waals surface area contributed by atoms with Gasteiger partial charge in [-0.3, -0.25) is 4.79 Å². The topological polar surface area (TPSA) is 78.8 Å². The number of nitrogens with zero attached hydrogens (tertiary/aromatic N) is 2. The second-order valence-corrected chi connectivity index (χ2v) is 8.21. The maximum absolute atomic E-state index is 12.5. The molecule has 2 aromatic rings. The van der Waals surface area contributed by atoms with Crippen molar-refractivity contribution in [1.82, 2.24) is 9.73 Å². The number of benzene rings is 2. The standard InChI is InChI=1S/C20H23N3O3S/c1-16-9-11-19(12-10-16)27(25,26)23(3)15-20(24)22-21-14-17(2)13-18-7-5-4-6-8-18/h4-14H,15H2,1-3H3,(H,22,24)/b17-13+,21-14+. The first-order valence-corrected chi connectivity index (χ1v) is 9.81. The number of allylic oxidation sites excluding steroid dienone is 1. The molecule has 6 nitrogen and oxygen atoms in total. The van der Waals surface area contributed by atoms with Crippen molar-refractivity contribution in [2.24, 2.45) is 5.10 Å². The van der Waals surface area contributed by atoms with Gasteiger partial charge in [0.1, 0.15) is 0 Å². The molecule has 0 heterocycles. The van der Waals surface area contributed by atoms with E-state index >= 15 is 0 Å². The Labute approximate surface area is 160 Å². The van der Waals surface area contributed by atoms with Crippen LogP contribution in [0.2, 0.25) is 0 Å². The average molecular weight is 385 g/mol. The smallest absolute Gasteiger partial charge is 0.255 e. The molecule has 0 bridgehead atoms. The Morgan fingerprint density at radius 2 is 1.74 bits per heavy atom. The molecule has 0 aliphatic carbocycles. The van der Waals surface area contributed by atoms with E-state index in [4.69, 9.17) is 0 Å². The number of hydrogen-bond donors (Lipinski definition) is 1. The second-order valence-electron chi connectivity index (χ2n) is 6.17. The van der Waals surface area contributed by atoms with E-state index in [1.807, 2.05) is 50.3 Å². The summed E-state index contributed by atoms with van der Waals surface area (Å²) in [5.41, 5.74) is 5.18. The summed E-state index contributed by atoms with van der Waals surface area (Å²) >= 11 is 0. The molecule has 27 heavy (non-hydrogen) atoms. The fourth-order valence-corrected chi connectivity index (χ4v) is 3.40. The molecule has 142 valence electrons. The molecule has 7 heteroatoms. The molecule has 2 rings (SSSR count). The molecule has 0 fully saturated rings. The number of rotatable bonds is 7. The molecule has 0 saturated carbocycles. The lowest BCUT2D eigenvalue weighted by Crippen LogP contribution is -2.36. The van der Waals surface area contributed by atoms with E-state index < -0.39 is 15.9 Å². The van der Waals surface area contributed by atoms with Gasteiger partial charge in [-0.15, -0.1) is 0 Å². The summed E-state index contributed by atoms with van der Waals surface area (Å²) in [6.07, 6.45) is 3.43. The van der Waals surface area contributed by atoms with Crippen molar-refractivity contribution in [2.75, 3.05) is 13.6 Å². The maximum Gasteiger partial charge on any atom is 0.255 e. The molecule has 0 aliphatic heterocycles. The van der Waals surface area contributed by atoms with Gasteiger partial charge in [-0.25, -0.2) is 13.8 Å². The first-order chi connectivity index (χ1) is 12.8. The zero-order valence-corrected chi connectivity index (χ0v) is 16.4. The Morgan fingerprint density at radius 3 is 2.37 bits per heavy atom. The molecule has 0 aliphatic rings. The fourth-order valence-electron chi connectivity index (χ4n) is 2.27. The van der Waals surface area contributed by atoms with Gasteiger partial charge in [0.25, 0.3) is 5.91 Å². The molecule has 0 atom stereocenters. The third kappa shape index (κ3) is 6.16. The van der Waals surface area contributed by atoms with Gasteiger partial charge in [0.05, 0.1) is 17.7 Å². The predicted octanol–water partition coefficient (Wildman–Crippen LogP) is 2.82. The van der Waals surface area contributed by atoms with Crippen LogP contribution in [0.15, 0.2) is 70.2 Å². The predicted molar refractivity (Wildman–Crippen MR) is 108 cm³/mol. The van der Waals surface area contributed by atoms with Gasteiger partial charge in [-0.1, -0.05) is 54.1 Å². The lowest BCUT2D eigenvalue weighted by atomic mass is 10.1. The third-order valence-corrected chi connectivity index (χ3v) is 5.56. The Morgan fingerprint density at radius 1 is 1.11 bits per heavy atom. The highest BCUT2D eigenvalue weighted by atomic mass is 32.2. The number of likely N-dealkylation sites (N-methyl/N-ethyl adjacent to an activating group) is 1. The summed E-state index contributed by atoms with van der Waals surface area (Å²) in [4.78, 5) is 12.1. The van der Waals surface area contributed by atoms with Crippen LogP contribution in [-0.4, -0.2) is 38.4 Å². The summed E-state index contributed by atoms with van der Waals surface area (Å²) in [7, 11) is -2.36. The van der Waals surface area contributed by atoms with Crippen molar-refractivity contribution < 1.29 is 13.2 Å². The largest absolute Gasteiger partial charge is 0.272 e. The molecule has 2 aromatic carbocycles. The van der Waals surface area contributed by atoms with Gasteiger partial charge < -0.3 is 0 Å². The molecule has 0 unspecified atom stereocenters. The van der Waals surface area contributed by atoms with Gasteiger partial charge in [-0.05, 0) is 37.1 Å². The number of hydrogen-bond acceptors (Lipinski definition) is 4. The Kier molecular flexibility index (Phi) is 7.04. The Hall–Kier alpha value is -2.77. The van der Waals surface area contributed by atoms with Crippen LogP contribution < -0.4 is 5.43 Å². The van der Waals surface area contributed by atoms with Crippen molar-refractivity contribution >= 4 is 28.2 Å². The molecular formula is C20H23N3O3S. The first-order valence-electron chi connectivity index (χ1n) is 8.37. The monoisotopic (exact) mass is 385 g/mol. The summed E-state index contributed by atoms with van der Waals surface area (Å²) in [6.45, 7) is 3.41. The fraction of sp³-hybridized carbons (Fsp3) is 0.200. The minimum absolute atomic E-state index is 0.147. The summed E-state index contributed by atoms with van der Waals surface area (Å²) in [5, 5.41) is 3.87. The molecule has 0 spiro atoms. The average Bonchev–Trinajstić information content (AvgIpc) is 2.62. The van der Waals surface area contributed by atoms with Crippen molar-refractivity contribution in [3.8, 4) is 0 Å². The number of aryl methyl sites for hydroxylation is 1. The van der Waals surface area contributed by atoms with Gasteiger partial charge in [0.2, 0.25) is 10.0 Å². The Balaban J connectivity index is 1.93. The van der Waals surface area contributed by atoms with Crippen LogP contribution in [0.3, 0.4) is 0 Å². The van der Waals surface area contributed by atoms with E-state index in [1.165, 1.54) is 25.4 Å². The number of nitrogens with one attached hydrogen (secondary N) is 1. The molecule has 1 amide bonds. The molecule has 0 radical (unpaired) electrons. The molecular weight excluding hydrogens is 362 g/mol. The quantitative estimate of drug-likeness (QED) is 0.588. The van der Waals surface area contributed by atoms with E-state index in [2.05, 4.69) is 10.5 Å². The van der Waals surface area contributed by atoms with Crippen LogP contribution in [-0.2, 0) is 14.8 Å². The number of amides is 1. The van der Waals surface area contributed by atoms with Gasteiger partial charge in [-0.2, -0.15) is 9.41 Å². The van der Waals surface area contributed by atoms with Crippen LogP contribution >= 0.6 is 0 Å². The second kappa shape index (κ2) is 9.25. The molecule has 1 N–H and O–H groups in total. The van der Waals surface area contributed by atoms with Crippen molar-refractivity contribution in [2.45, 2.75) is 18.7 Å². The first kappa shape index (κ1) is 20.5. The van der Waals surface area contributed by atoms with Crippen LogP contribution in [0.25, 0.3) is 6.08 Å². The van der Waals surface area contributed by atoms with Crippen molar-refractivity contribution in [3.63, 3.8) is 0 Å². The number of sulfonamides is 1. The maximum atomic E-state index is 12.5. The zero-order valence-electron chi connectivity index (χ0n) is 15.6. The molecule has 0 aromatic heterocycles. The van der Waals surface area contributed by atoms with Gasteiger partial charge in [0.15, 0.2) is 0 Å². The zero-order chi connectivity index (χ0) is 19.9. The summed E-state index contributed by atoms with van der Waals surface area (Å²) in [5.74, 6) is -0.517. The minimum Gasteiger partial charge on any atom is -0.272 e. The Bertz CT molecular complexity index is 934.